The molecule has 1 aromatic carbocycles. The Hall–Kier alpha value is -2.86. The Kier molecular flexibility index (Phi) is 7.88. The Balaban J connectivity index is 0.000000411. The second-order valence-corrected chi connectivity index (χ2v) is 2.98. The number of carboxylic acids is 1. The molecule has 0 radical (unpaired) electrons. The number of nitriles is 2. The highest BCUT2D eigenvalue weighted by atomic mass is 16.4. The second kappa shape index (κ2) is 9.37. The fourth-order valence-corrected chi connectivity index (χ4v) is 0.866. The van der Waals surface area contributed by atoms with Crippen LogP contribution in [0.4, 0.5) is 5.69 Å². The highest BCUT2D eigenvalue weighted by Crippen LogP contribution is 2.04. The minimum absolute atomic E-state index is 0.102. The van der Waals surface area contributed by atoms with Gasteiger partial charge in [0.2, 0.25) is 5.91 Å². The second-order valence-electron chi connectivity index (χ2n) is 2.98. The predicted molar refractivity (Wildman–Crippen MR) is 63.2 cm³/mol. The van der Waals surface area contributed by atoms with Crippen LogP contribution < -0.4 is 5.32 Å². The molecule has 1 rings (SSSR count). The van der Waals surface area contributed by atoms with Crippen LogP contribution in [0.5, 0.6) is 0 Å². The molecule has 0 fully saturated rings. The minimum atomic E-state index is -1.07. The van der Waals surface area contributed by atoms with E-state index in [4.69, 9.17) is 15.6 Å². The van der Waals surface area contributed by atoms with E-state index in [1.807, 2.05) is 18.2 Å². The zero-order chi connectivity index (χ0) is 13.8. The number of rotatable bonds is 3. The molecule has 0 aromatic heterocycles. The van der Waals surface area contributed by atoms with Gasteiger partial charge in [-0.2, -0.15) is 10.5 Å². The lowest BCUT2D eigenvalue weighted by molar-refractivity contribution is -0.135. The van der Waals surface area contributed by atoms with Crippen LogP contribution in [-0.4, -0.2) is 17.0 Å². The van der Waals surface area contributed by atoms with Crippen LogP contribution in [0.3, 0.4) is 0 Å². The van der Waals surface area contributed by atoms with E-state index in [-0.39, 0.29) is 12.3 Å². The summed E-state index contributed by atoms with van der Waals surface area (Å²) in [5.41, 5.74) is 0.720. The molecule has 0 aliphatic heterocycles. The Morgan fingerprint density at radius 1 is 1.11 bits per heavy atom. The highest BCUT2D eigenvalue weighted by Gasteiger charge is 1.98. The van der Waals surface area contributed by atoms with Crippen LogP contribution in [-0.2, 0) is 9.59 Å². The minimum Gasteiger partial charge on any atom is -0.480 e. The fraction of sp³-hybridized carbons (Fsp3) is 0.167. The van der Waals surface area contributed by atoms with E-state index in [9.17, 15) is 9.59 Å². The van der Waals surface area contributed by atoms with Crippen LogP contribution in [0.2, 0.25) is 0 Å². The lowest BCUT2D eigenvalue weighted by atomic mass is 10.3. The maximum absolute atomic E-state index is 10.9. The summed E-state index contributed by atoms with van der Waals surface area (Å²) in [6, 6.07) is 12.3. The van der Waals surface area contributed by atoms with Gasteiger partial charge in [0.05, 0.1) is 12.1 Å². The molecule has 1 amide bonds. The standard InChI is InChI=1S/C9H8N2O.C3H3NO2/c10-7-6-9(12)11-8-4-2-1-3-5-8;4-2-1-3(5)6/h1-5H,6H2,(H,11,12);1H2,(H,5,6). The van der Waals surface area contributed by atoms with Gasteiger partial charge in [0.15, 0.2) is 0 Å². The Morgan fingerprint density at radius 2 is 1.67 bits per heavy atom. The molecule has 0 saturated heterocycles. The summed E-state index contributed by atoms with van der Waals surface area (Å²) in [4.78, 5) is 20.3. The number of para-hydroxylation sites is 1. The average Bonchev–Trinajstić information content (AvgIpc) is 2.31. The molecule has 0 spiro atoms. The molecule has 0 atom stereocenters. The molecule has 0 aliphatic carbocycles. The zero-order valence-corrected chi connectivity index (χ0v) is 9.46. The number of carbonyl (C=O) groups excluding carboxylic acids is 1. The third kappa shape index (κ3) is 8.45. The van der Waals surface area contributed by atoms with Crippen molar-refractivity contribution in [3.63, 3.8) is 0 Å². The van der Waals surface area contributed by atoms with Gasteiger partial charge in [-0.3, -0.25) is 9.59 Å². The first kappa shape index (κ1) is 15.1. The van der Waals surface area contributed by atoms with Crippen molar-refractivity contribution in [2.24, 2.45) is 0 Å². The average molecular weight is 245 g/mol. The summed E-state index contributed by atoms with van der Waals surface area (Å²) in [7, 11) is 0. The first-order valence-corrected chi connectivity index (χ1v) is 4.90. The van der Waals surface area contributed by atoms with Gasteiger partial charge in [-0.05, 0) is 12.1 Å². The van der Waals surface area contributed by atoms with Crippen LogP contribution in [0, 0.1) is 22.7 Å². The Bertz CT molecular complexity index is 472. The van der Waals surface area contributed by atoms with Crippen LogP contribution in [0.1, 0.15) is 12.8 Å². The molecule has 0 saturated carbocycles. The number of amides is 1. The largest absolute Gasteiger partial charge is 0.480 e. The molecular formula is C12H11N3O3. The SMILES string of the molecule is N#CCC(=O)Nc1ccccc1.N#CCC(=O)O. The lowest BCUT2D eigenvalue weighted by Crippen LogP contribution is -2.09. The normalized spacial score (nSPS) is 7.89. The number of benzene rings is 1. The number of hydrogen-bond donors (Lipinski definition) is 2. The van der Waals surface area contributed by atoms with Crippen LogP contribution >= 0.6 is 0 Å². The van der Waals surface area contributed by atoms with E-state index in [0.29, 0.717) is 0 Å². The third-order valence-electron chi connectivity index (χ3n) is 1.53. The van der Waals surface area contributed by atoms with Gasteiger partial charge in [-0.25, -0.2) is 0 Å². The van der Waals surface area contributed by atoms with E-state index >= 15 is 0 Å². The number of carboxylic acid groups (broad SMARTS) is 1. The Labute approximate surface area is 104 Å². The number of hydrogen-bond acceptors (Lipinski definition) is 4. The van der Waals surface area contributed by atoms with E-state index in [0.717, 1.165) is 5.69 Å². The van der Waals surface area contributed by atoms with Crippen molar-refractivity contribution in [3.8, 4) is 12.1 Å². The molecule has 6 heteroatoms. The highest BCUT2D eigenvalue weighted by molar-refractivity contribution is 5.91. The number of nitrogens with zero attached hydrogens (tertiary/aromatic N) is 2. The smallest absolute Gasteiger partial charge is 0.317 e. The van der Waals surface area contributed by atoms with Crippen molar-refractivity contribution in [2.45, 2.75) is 12.8 Å². The number of carbonyl (C=O) groups is 2. The van der Waals surface area contributed by atoms with Gasteiger partial charge in [0.25, 0.3) is 0 Å². The van der Waals surface area contributed by atoms with Crippen molar-refractivity contribution in [1.29, 1.82) is 10.5 Å². The van der Waals surface area contributed by atoms with Gasteiger partial charge in [0, 0.05) is 5.69 Å². The lowest BCUT2D eigenvalue weighted by Gasteiger charge is -2.00. The van der Waals surface area contributed by atoms with Crippen molar-refractivity contribution >= 4 is 17.6 Å². The summed E-state index contributed by atoms with van der Waals surface area (Å²) >= 11 is 0. The van der Waals surface area contributed by atoms with Gasteiger partial charge >= 0.3 is 5.97 Å². The zero-order valence-electron chi connectivity index (χ0n) is 9.46. The van der Waals surface area contributed by atoms with Gasteiger partial charge in [-0.1, -0.05) is 18.2 Å². The Morgan fingerprint density at radius 3 is 2.06 bits per heavy atom. The van der Waals surface area contributed by atoms with E-state index in [1.165, 1.54) is 6.07 Å². The molecule has 92 valence electrons. The van der Waals surface area contributed by atoms with Crippen molar-refractivity contribution in [1.82, 2.24) is 0 Å². The quantitative estimate of drug-likeness (QED) is 0.837. The summed E-state index contributed by atoms with van der Waals surface area (Å²) in [6.07, 6.45) is -0.505. The van der Waals surface area contributed by atoms with Crippen molar-refractivity contribution < 1.29 is 14.7 Å². The monoisotopic (exact) mass is 245 g/mol. The molecule has 0 unspecified atom stereocenters. The number of nitrogens with one attached hydrogen (secondary N) is 1. The number of anilines is 1. The first-order chi connectivity index (χ1) is 8.60. The number of aliphatic carboxylic acids is 1. The van der Waals surface area contributed by atoms with Gasteiger partial charge < -0.3 is 10.4 Å². The van der Waals surface area contributed by atoms with Crippen LogP contribution in [0.25, 0.3) is 0 Å². The maximum atomic E-state index is 10.9. The molecular weight excluding hydrogens is 234 g/mol. The van der Waals surface area contributed by atoms with Gasteiger partial charge in [0.1, 0.15) is 12.8 Å². The van der Waals surface area contributed by atoms with E-state index in [2.05, 4.69) is 5.32 Å². The maximum Gasteiger partial charge on any atom is 0.317 e. The first-order valence-electron chi connectivity index (χ1n) is 4.90. The van der Waals surface area contributed by atoms with Crippen LogP contribution in [0.15, 0.2) is 30.3 Å². The van der Waals surface area contributed by atoms with E-state index in [1.54, 1.807) is 18.2 Å². The molecule has 0 aliphatic rings. The van der Waals surface area contributed by atoms with Crippen molar-refractivity contribution in [3.05, 3.63) is 30.3 Å². The molecule has 0 bridgehead atoms. The third-order valence-corrected chi connectivity index (χ3v) is 1.53. The summed E-state index contributed by atoms with van der Waals surface area (Å²) in [6.45, 7) is 0. The molecule has 6 nitrogen and oxygen atoms in total. The van der Waals surface area contributed by atoms with Gasteiger partial charge in [-0.15, -0.1) is 0 Å². The molecule has 1 aromatic rings. The summed E-state index contributed by atoms with van der Waals surface area (Å²) in [5.74, 6) is -1.35. The van der Waals surface area contributed by atoms with Crippen molar-refractivity contribution in [2.75, 3.05) is 5.32 Å². The topological polar surface area (TPSA) is 114 Å². The predicted octanol–water partition coefficient (Wildman–Crippen LogP) is 1.52. The molecule has 18 heavy (non-hydrogen) atoms. The van der Waals surface area contributed by atoms with E-state index < -0.39 is 12.4 Å². The molecule has 0 heterocycles. The fourth-order valence-electron chi connectivity index (χ4n) is 0.866. The molecule has 2 N–H and O–H groups in total. The summed E-state index contributed by atoms with van der Waals surface area (Å²) < 4.78 is 0. The summed E-state index contributed by atoms with van der Waals surface area (Å²) in [5, 5.41) is 26.1.